The van der Waals surface area contributed by atoms with Gasteiger partial charge in [0.05, 0.1) is 26.0 Å². The number of halogens is 1. The molecular weight excluding hydrogens is 405 g/mol. The van der Waals surface area contributed by atoms with Crippen LogP contribution in [0, 0.1) is 5.82 Å². The van der Waals surface area contributed by atoms with Gasteiger partial charge in [-0.2, -0.15) is 4.98 Å². The van der Waals surface area contributed by atoms with E-state index in [0.29, 0.717) is 30.4 Å². The number of ether oxygens (including phenoxy) is 3. The number of rotatable bonds is 6. The van der Waals surface area contributed by atoms with Gasteiger partial charge in [0.25, 0.3) is 5.89 Å². The first-order chi connectivity index (χ1) is 15.2. The van der Waals surface area contributed by atoms with Crippen LogP contribution in [0.1, 0.15) is 23.3 Å². The smallest absolute Gasteiger partial charge is 0.264 e. The molecule has 0 aliphatic carbocycles. The lowest BCUT2D eigenvalue weighted by molar-refractivity contribution is -0.00114. The molecule has 31 heavy (non-hydrogen) atoms. The molecule has 9 nitrogen and oxygen atoms in total. The monoisotopic (exact) mass is 423 g/mol. The van der Waals surface area contributed by atoms with Crippen molar-refractivity contribution in [3.05, 3.63) is 71.5 Å². The molecule has 158 valence electrons. The Morgan fingerprint density at radius 3 is 2.65 bits per heavy atom. The second-order valence-corrected chi connectivity index (χ2v) is 6.89. The quantitative estimate of drug-likeness (QED) is 0.466. The average Bonchev–Trinajstić information content (AvgIpc) is 3.45. The molecule has 10 heteroatoms. The zero-order valence-electron chi connectivity index (χ0n) is 16.6. The third-order valence-electron chi connectivity index (χ3n) is 4.94. The normalized spacial score (nSPS) is 15.5. The summed E-state index contributed by atoms with van der Waals surface area (Å²) in [5.74, 6) is 1.54. The van der Waals surface area contributed by atoms with Gasteiger partial charge in [0.15, 0.2) is 12.3 Å². The number of fused-ring (bicyclic) bond motifs is 1. The standard InChI is InChI=1S/C21H18FN5O4/c1-28-15-6-2-13(3-7-15)18-10-27-17(11-30-18)20(24-26-27)21-23-19(31-25-21)12-29-16-8-4-14(22)5-9-16/h2-9,18H,10-12H2,1H3/t18-/m0/s1. The summed E-state index contributed by atoms with van der Waals surface area (Å²) in [6.07, 6.45) is -0.141. The Morgan fingerprint density at radius 2 is 1.87 bits per heavy atom. The fraction of sp³-hybridized carbons (Fsp3) is 0.238. The number of hydrogen-bond acceptors (Lipinski definition) is 8. The van der Waals surface area contributed by atoms with Crippen molar-refractivity contribution in [1.82, 2.24) is 25.1 Å². The van der Waals surface area contributed by atoms with Gasteiger partial charge in [-0.25, -0.2) is 9.07 Å². The molecule has 3 heterocycles. The maximum atomic E-state index is 13.0. The third kappa shape index (κ3) is 3.97. The number of aromatic nitrogens is 5. The van der Waals surface area contributed by atoms with Crippen LogP contribution < -0.4 is 9.47 Å². The largest absolute Gasteiger partial charge is 0.497 e. The van der Waals surface area contributed by atoms with Gasteiger partial charge in [-0.3, -0.25) is 0 Å². The minimum absolute atomic E-state index is 0.0537. The van der Waals surface area contributed by atoms with Gasteiger partial charge in [0.1, 0.15) is 23.4 Å². The van der Waals surface area contributed by atoms with Gasteiger partial charge in [0.2, 0.25) is 5.82 Å². The highest BCUT2D eigenvalue weighted by Crippen LogP contribution is 2.30. The Morgan fingerprint density at radius 1 is 1.10 bits per heavy atom. The highest BCUT2D eigenvalue weighted by Gasteiger charge is 2.27. The lowest BCUT2D eigenvalue weighted by atomic mass is 10.1. The van der Waals surface area contributed by atoms with Crippen molar-refractivity contribution in [2.75, 3.05) is 7.11 Å². The van der Waals surface area contributed by atoms with E-state index in [4.69, 9.17) is 18.7 Å². The highest BCUT2D eigenvalue weighted by molar-refractivity contribution is 5.51. The molecular formula is C21H18FN5O4. The molecule has 0 saturated carbocycles. The maximum absolute atomic E-state index is 13.0. The molecule has 1 aliphatic rings. The first kappa shape index (κ1) is 19.2. The summed E-state index contributed by atoms with van der Waals surface area (Å²) >= 11 is 0. The molecule has 0 saturated heterocycles. The molecule has 0 spiro atoms. The summed E-state index contributed by atoms with van der Waals surface area (Å²) < 4.78 is 36.8. The van der Waals surface area contributed by atoms with Crippen molar-refractivity contribution in [1.29, 1.82) is 0 Å². The molecule has 0 unspecified atom stereocenters. The van der Waals surface area contributed by atoms with Crippen LogP contribution in [0.4, 0.5) is 4.39 Å². The molecule has 4 aromatic rings. The number of benzene rings is 2. The van der Waals surface area contributed by atoms with E-state index in [1.54, 1.807) is 11.8 Å². The van der Waals surface area contributed by atoms with Gasteiger partial charge < -0.3 is 18.7 Å². The Hall–Kier alpha value is -3.79. The van der Waals surface area contributed by atoms with Crippen LogP contribution in [0.15, 0.2) is 53.1 Å². The second kappa shape index (κ2) is 8.15. The number of hydrogen-bond donors (Lipinski definition) is 0. The Balaban J connectivity index is 1.27. The average molecular weight is 423 g/mol. The van der Waals surface area contributed by atoms with Crippen LogP contribution in [0.2, 0.25) is 0 Å². The van der Waals surface area contributed by atoms with Gasteiger partial charge in [0, 0.05) is 0 Å². The first-order valence-corrected chi connectivity index (χ1v) is 9.59. The zero-order valence-corrected chi connectivity index (χ0v) is 16.6. The summed E-state index contributed by atoms with van der Waals surface area (Å²) in [7, 11) is 1.63. The van der Waals surface area contributed by atoms with E-state index in [-0.39, 0.29) is 24.4 Å². The minimum Gasteiger partial charge on any atom is -0.497 e. The van der Waals surface area contributed by atoms with Gasteiger partial charge in [-0.1, -0.05) is 22.5 Å². The van der Waals surface area contributed by atoms with Gasteiger partial charge in [-0.15, -0.1) is 5.10 Å². The van der Waals surface area contributed by atoms with Crippen molar-refractivity contribution in [3.63, 3.8) is 0 Å². The molecule has 0 bridgehead atoms. The van der Waals surface area contributed by atoms with Gasteiger partial charge >= 0.3 is 0 Å². The van der Waals surface area contributed by atoms with Crippen molar-refractivity contribution in [2.24, 2.45) is 0 Å². The molecule has 1 aliphatic heterocycles. The van der Waals surface area contributed by atoms with E-state index in [2.05, 4.69) is 20.5 Å². The second-order valence-electron chi connectivity index (χ2n) is 6.89. The van der Waals surface area contributed by atoms with Crippen molar-refractivity contribution < 1.29 is 23.1 Å². The Bertz CT molecular complexity index is 1170. The molecule has 0 N–H and O–H groups in total. The molecule has 5 rings (SSSR count). The van der Waals surface area contributed by atoms with E-state index >= 15 is 0 Å². The van der Waals surface area contributed by atoms with Crippen LogP contribution in [0.5, 0.6) is 11.5 Å². The topological polar surface area (TPSA) is 97.3 Å². The third-order valence-corrected chi connectivity index (χ3v) is 4.94. The lowest BCUT2D eigenvalue weighted by Gasteiger charge is -2.24. The van der Waals surface area contributed by atoms with E-state index < -0.39 is 0 Å². The van der Waals surface area contributed by atoms with E-state index in [0.717, 1.165) is 17.0 Å². The van der Waals surface area contributed by atoms with Crippen molar-refractivity contribution >= 4 is 0 Å². The van der Waals surface area contributed by atoms with Crippen LogP contribution in [0.3, 0.4) is 0 Å². The molecule has 0 fully saturated rings. The van der Waals surface area contributed by atoms with Crippen LogP contribution in [0.25, 0.3) is 11.5 Å². The van der Waals surface area contributed by atoms with Crippen LogP contribution in [-0.4, -0.2) is 32.2 Å². The van der Waals surface area contributed by atoms with E-state index in [1.807, 2.05) is 24.3 Å². The Kier molecular flexibility index (Phi) is 5.04. The Labute approximate surface area is 176 Å². The number of methoxy groups -OCH3 is 1. The van der Waals surface area contributed by atoms with E-state index in [1.165, 1.54) is 24.3 Å². The lowest BCUT2D eigenvalue weighted by Crippen LogP contribution is -2.22. The summed E-state index contributed by atoms with van der Waals surface area (Å²) in [6.45, 7) is 0.889. The minimum atomic E-state index is -0.332. The van der Waals surface area contributed by atoms with Gasteiger partial charge in [-0.05, 0) is 42.0 Å². The molecule has 2 aromatic heterocycles. The first-order valence-electron chi connectivity index (χ1n) is 9.59. The molecule has 1 atom stereocenters. The van der Waals surface area contributed by atoms with Crippen LogP contribution in [-0.2, 0) is 24.5 Å². The highest BCUT2D eigenvalue weighted by atomic mass is 19.1. The molecule has 2 aromatic carbocycles. The summed E-state index contributed by atoms with van der Waals surface area (Å²) in [5.41, 5.74) is 2.31. The van der Waals surface area contributed by atoms with Crippen molar-refractivity contribution in [3.8, 4) is 23.0 Å². The number of nitrogens with zero attached hydrogens (tertiary/aromatic N) is 5. The summed E-state index contributed by atoms with van der Waals surface area (Å²) in [4.78, 5) is 4.33. The van der Waals surface area contributed by atoms with E-state index in [9.17, 15) is 4.39 Å². The predicted molar refractivity (Wildman–Crippen MR) is 105 cm³/mol. The molecule has 0 radical (unpaired) electrons. The maximum Gasteiger partial charge on any atom is 0.264 e. The fourth-order valence-corrected chi connectivity index (χ4v) is 3.29. The zero-order chi connectivity index (χ0) is 21.2. The van der Waals surface area contributed by atoms with Crippen LogP contribution >= 0.6 is 0 Å². The fourth-order valence-electron chi connectivity index (χ4n) is 3.29. The summed E-state index contributed by atoms with van der Waals surface area (Å²) in [6, 6.07) is 13.4. The SMILES string of the molecule is COc1ccc([C@@H]2Cn3nnc(-c4noc(COc5ccc(F)cc5)n4)c3CO2)cc1. The van der Waals surface area contributed by atoms with Crippen molar-refractivity contribution in [2.45, 2.75) is 25.9 Å². The molecule has 0 amide bonds. The summed E-state index contributed by atoms with van der Waals surface area (Å²) in [5, 5.41) is 12.4. The predicted octanol–water partition coefficient (Wildman–Crippen LogP) is 3.33.